The molecule has 1 aliphatic heterocycles. The third kappa shape index (κ3) is 5.06. The Morgan fingerprint density at radius 1 is 1.65 bits per heavy atom. The number of nitrogens with zero attached hydrogens (tertiary/aromatic N) is 1. The van der Waals surface area contributed by atoms with Crippen molar-refractivity contribution < 1.29 is 4.74 Å². The van der Waals surface area contributed by atoms with Crippen LogP contribution in [0.15, 0.2) is 12.5 Å². The Balaban J connectivity index is 0.00000144. The van der Waals surface area contributed by atoms with Crippen LogP contribution in [-0.2, 0) is 11.3 Å². The van der Waals surface area contributed by atoms with Crippen molar-refractivity contribution in [1.82, 2.24) is 15.3 Å². The summed E-state index contributed by atoms with van der Waals surface area (Å²) < 4.78 is 5.61. The lowest BCUT2D eigenvalue weighted by molar-refractivity contribution is 0.100. The van der Waals surface area contributed by atoms with E-state index >= 15 is 0 Å². The molecule has 0 saturated carbocycles. The number of rotatable bonds is 6. The minimum absolute atomic E-state index is 0. The van der Waals surface area contributed by atoms with E-state index in [9.17, 15) is 0 Å². The molecule has 2 heterocycles. The molecule has 0 spiro atoms. The van der Waals surface area contributed by atoms with Gasteiger partial charge in [0.1, 0.15) is 0 Å². The zero-order valence-electron chi connectivity index (χ0n) is 10.3. The third-order valence-corrected chi connectivity index (χ3v) is 3.14. The number of hydrogen-bond acceptors (Lipinski definition) is 3. The molecule has 0 amide bonds. The molecule has 5 heteroatoms. The minimum atomic E-state index is 0. The van der Waals surface area contributed by atoms with Gasteiger partial charge in [0.2, 0.25) is 0 Å². The maximum absolute atomic E-state index is 5.61. The normalized spacial score (nSPS) is 21.1. The van der Waals surface area contributed by atoms with Crippen LogP contribution in [-0.4, -0.2) is 28.7 Å². The highest BCUT2D eigenvalue weighted by atomic mass is 35.5. The quantitative estimate of drug-likeness (QED) is 0.824. The fourth-order valence-electron chi connectivity index (χ4n) is 2.08. The fraction of sp³-hybridized carbons (Fsp3) is 0.750. The largest absolute Gasteiger partial charge is 0.378 e. The molecule has 1 saturated heterocycles. The van der Waals surface area contributed by atoms with E-state index in [1.54, 1.807) is 6.33 Å². The standard InChI is InChI=1S/C12H21N3O.ClH/c1-10(4-5-12-3-2-6-16-12)14-8-11-7-13-9-15-11;/h7,9-10,12,14H,2-6,8H2,1H3,(H,13,15);1H. The summed E-state index contributed by atoms with van der Waals surface area (Å²) in [6, 6.07) is 0.535. The fourth-order valence-corrected chi connectivity index (χ4v) is 2.08. The molecule has 2 unspecified atom stereocenters. The van der Waals surface area contributed by atoms with E-state index in [0.717, 1.165) is 18.8 Å². The van der Waals surface area contributed by atoms with Gasteiger partial charge < -0.3 is 15.0 Å². The summed E-state index contributed by atoms with van der Waals surface area (Å²) in [5, 5.41) is 3.48. The van der Waals surface area contributed by atoms with Gasteiger partial charge in [-0.1, -0.05) is 0 Å². The van der Waals surface area contributed by atoms with E-state index in [1.807, 2.05) is 6.20 Å². The number of ether oxygens (including phenoxy) is 1. The summed E-state index contributed by atoms with van der Waals surface area (Å²) in [5.41, 5.74) is 1.14. The molecule has 1 fully saturated rings. The maximum atomic E-state index is 5.61. The van der Waals surface area contributed by atoms with Gasteiger partial charge in [-0.25, -0.2) is 4.98 Å². The average Bonchev–Trinajstić information content (AvgIpc) is 2.96. The highest BCUT2D eigenvalue weighted by Gasteiger charge is 2.16. The van der Waals surface area contributed by atoms with Crippen molar-refractivity contribution in [3.8, 4) is 0 Å². The van der Waals surface area contributed by atoms with Gasteiger partial charge in [-0.15, -0.1) is 12.4 Å². The third-order valence-electron chi connectivity index (χ3n) is 3.14. The first-order valence-electron chi connectivity index (χ1n) is 6.17. The number of imidazole rings is 1. The maximum Gasteiger partial charge on any atom is 0.0922 e. The van der Waals surface area contributed by atoms with Crippen molar-refractivity contribution in [2.75, 3.05) is 6.61 Å². The molecule has 98 valence electrons. The Morgan fingerprint density at radius 2 is 2.53 bits per heavy atom. The minimum Gasteiger partial charge on any atom is -0.378 e. The second-order valence-corrected chi connectivity index (χ2v) is 4.57. The Hall–Kier alpha value is -0.580. The predicted octanol–water partition coefficient (Wildman–Crippen LogP) is 2.27. The zero-order valence-corrected chi connectivity index (χ0v) is 11.1. The first-order chi connectivity index (χ1) is 7.84. The summed E-state index contributed by atoms with van der Waals surface area (Å²) in [6.07, 6.45) is 8.92. The SMILES string of the molecule is CC(CCC1CCCO1)NCc1cnc[nH]1.Cl. The average molecular weight is 260 g/mol. The Morgan fingerprint density at radius 3 is 3.18 bits per heavy atom. The molecule has 1 aromatic heterocycles. The van der Waals surface area contributed by atoms with E-state index in [1.165, 1.54) is 25.7 Å². The number of halogens is 1. The smallest absolute Gasteiger partial charge is 0.0922 e. The summed E-state index contributed by atoms with van der Waals surface area (Å²) in [5.74, 6) is 0. The van der Waals surface area contributed by atoms with Gasteiger partial charge in [0, 0.05) is 31.1 Å². The van der Waals surface area contributed by atoms with Crippen LogP contribution in [0.2, 0.25) is 0 Å². The molecular weight excluding hydrogens is 238 g/mol. The Bertz CT molecular complexity index is 286. The van der Waals surface area contributed by atoms with Crippen LogP contribution >= 0.6 is 12.4 Å². The number of H-pyrrole nitrogens is 1. The Labute approximate surface area is 109 Å². The molecule has 1 aliphatic rings. The van der Waals surface area contributed by atoms with Gasteiger partial charge in [0.15, 0.2) is 0 Å². The number of aromatic amines is 1. The van der Waals surface area contributed by atoms with Crippen LogP contribution < -0.4 is 5.32 Å². The Kier molecular flexibility index (Phi) is 6.55. The second-order valence-electron chi connectivity index (χ2n) is 4.57. The molecular formula is C12H22ClN3O. The van der Waals surface area contributed by atoms with Crippen molar-refractivity contribution >= 4 is 12.4 Å². The highest BCUT2D eigenvalue weighted by Crippen LogP contribution is 2.17. The zero-order chi connectivity index (χ0) is 11.2. The van der Waals surface area contributed by atoms with E-state index in [-0.39, 0.29) is 12.4 Å². The molecule has 0 aliphatic carbocycles. The van der Waals surface area contributed by atoms with Gasteiger partial charge >= 0.3 is 0 Å². The number of nitrogens with one attached hydrogen (secondary N) is 2. The predicted molar refractivity (Wildman–Crippen MR) is 70.3 cm³/mol. The van der Waals surface area contributed by atoms with Gasteiger partial charge in [-0.05, 0) is 32.6 Å². The van der Waals surface area contributed by atoms with Crippen LogP contribution in [0.3, 0.4) is 0 Å². The summed E-state index contributed by atoms with van der Waals surface area (Å²) in [4.78, 5) is 7.08. The molecule has 0 aromatic carbocycles. The van der Waals surface area contributed by atoms with E-state index < -0.39 is 0 Å². The molecule has 1 aromatic rings. The van der Waals surface area contributed by atoms with Gasteiger partial charge in [0.05, 0.1) is 12.4 Å². The molecule has 2 N–H and O–H groups in total. The molecule has 4 nitrogen and oxygen atoms in total. The molecule has 0 radical (unpaired) electrons. The van der Waals surface area contributed by atoms with Crippen molar-refractivity contribution in [3.63, 3.8) is 0 Å². The summed E-state index contributed by atoms with van der Waals surface area (Å²) >= 11 is 0. The summed E-state index contributed by atoms with van der Waals surface area (Å²) in [6.45, 7) is 4.05. The van der Waals surface area contributed by atoms with E-state index in [2.05, 4.69) is 22.2 Å². The van der Waals surface area contributed by atoms with Gasteiger partial charge in [-0.3, -0.25) is 0 Å². The van der Waals surface area contributed by atoms with Crippen molar-refractivity contribution in [2.24, 2.45) is 0 Å². The number of aromatic nitrogens is 2. The lowest BCUT2D eigenvalue weighted by atomic mass is 10.1. The highest BCUT2D eigenvalue weighted by molar-refractivity contribution is 5.85. The molecule has 2 rings (SSSR count). The van der Waals surface area contributed by atoms with Crippen LogP contribution in [0, 0.1) is 0 Å². The lowest BCUT2D eigenvalue weighted by Crippen LogP contribution is -2.26. The van der Waals surface area contributed by atoms with Crippen LogP contribution in [0.5, 0.6) is 0 Å². The molecule has 17 heavy (non-hydrogen) atoms. The first kappa shape index (κ1) is 14.5. The van der Waals surface area contributed by atoms with Crippen LogP contribution in [0.4, 0.5) is 0 Å². The number of hydrogen-bond donors (Lipinski definition) is 2. The first-order valence-corrected chi connectivity index (χ1v) is 6.17. The molecule has 0 bridgehead atoms. The van der Waals surface area contributed by atoms with Crippen LogP contribution in [0.1, 0.15) is 38.3 Å². The second kappa shape index (κ2) is 7.69. The monoisotopic (exact) mass is 259 g/mol. The van der Waals surface area contributed by atoms with Crippen molar-refractivity contribution in [3.05, 3.63) is 18.2 Å². The lowest BCUT2D eigenvalue weighted by Gasteiger charge is -2.15. The van der Waals surface area contributed by atoms with Gasteiger partial charge in [0.25, 0.3) is 0 Å². The summed E-state index contributed by atoms with van der Waals surface area (Å²) in [7, 11) is 0. The van der Waals surface area contributed by atoms with E-state index in [0.29, 0.717) is 12.1 Å². The van der Waals surface area contributed by atoms with Crippen LogP contribution in [0.25, 0.3) is 0 Å². The topological polar surface area (TPSA) is 49.9 Å². The van der Waals surface area contributed by atoms with Crippen molar-refractivity contribution in [2.45, 2.75) is 51.3 Å². The van der Waals surface area contributed by atoms with E-state index in [4.69, 9.17) is 4.74 Å². The van der Waals surface area contributed by atoms with Gasteiger partial charge in [-0.2, -0.15) is 0 Å². The van der Waals surface area contributed by atoms with Crippen molar-refractivity contribution in [1.29, 1.82) is 0 Å². The molecule has 2 atom stereocenters.